The van der Waals surface area contributed by atoms with Gasteiger partial charge in [0.05, 0.1) is 12.0 Å². The molecule has 0 aromatic carbocycles. The van der Waals surface area contributed by atoms with Gasteiger partial charge in [-0.2, -0.15) is 0 Å². The molecular formula is C20H30O4. The molecule has 2 saturated carbocycles. The molecule has 2 aliphatic carbocycles. The Labute approximate surface area is 145 Å². The summed E-state index contributed by atoms with van der Waals surface area (Å²) in [5.74, 6) is 6.09. The van der Waals surface area contributed by atoms with Crippen LogP contribution in [0, 0.1) is 29.6 Å². The van der Waals surface area contributed by atoms with Gasteiger partial charge in [-0.1, -0.05) is 43.3 Å². The van der Waals surface area contributed by atoms with Gasteiger partial charge < -0.3 is 15.3 Å². The van der Waals surface area contributed by atoms with E-state index in [1.54, 1.807) is 0 Å². The molecule has 0 aromatic heterocycles. The molecule has 0 heterocycles. The van der Waals surface area contributed by atoms with Gasteiger partial charge in [0.2, 0.25) is 0 Å². The highest BCUT2D eigenvalue weighted by atomic mass is 16.4. The highest BCUT2D eigenvalue weighted by molar-refractivity contribution is 5.66. The molecular weight excluding hydrogens is 304 g/mol. The van der Waals surface area contributed by atoms with Crippen molar-refractivity contribution in [2.24, 2.45) is 17.8 Å². The third-order valence-electron chi connectivity index (χ3n) is 5.38. The van der Waals surface area contributed by atoms with Crippen LogP contribution in [-0.4, -0.2) is 33.5 Å². The lowest BCUT2D eigenvalue weighted by Crippen LogP contribution is -2.44. The van der Waals surface area contributed by atoms with Crippen molar-refractivity contribution in [3.63, 3.8) is 0 Å². The first-order chi connectivity index (χ1) is 11.5. The predicted molar refractivity (Wildman–Crippen MR) is 93.2 cm³/mol. The number of fused-ring (bicyclic) bond motifs is 1. The Bertz CT molecular complexity index is 513. The average Bonchev–Trinajstić information content (AvgIpc) is 2.51. The fourth-order valence-corrected chi connectivity index (χ4v) is 3.94. The van der Waals surface area contributed by atoms with Gasteiger partial charge in [0.1, 0.15) is 6.10 Å². The van der Waals surface area contributed by atoms with Crippen LogP contribution in [0.15, 0.2) is 11.6 Å². The van der Waals surface area contributed by atoms with Gasteiger partial charge in [0.25, 0.3) is 0 Å². The molecule has 0 aliphatic heterocycles. The third-order valence-corrected chi connectivity index (χ3v) is 5.38. The fourth-order valence-electron chi connectivity index (χ4n) is 3.94. The van der Waals surface area contributed by atoms with Crippen molar-refractivity contribution in [1.29, 1.82) is 0 Å². The number of aliphatic hydroxyl groups is 2. The van der Waals surface area contributed by atoms with E-state index in [4.69, 9.17) is 5.11 Å². The van der Waals surface area contributed by atoms with Gasteiger partial charge >= 0.3 is 5.97 Å². The zero-order valence-electron chi connectivity index (χ0n) is 14.6. The Morgan fingerprint density at radius 1 is 1.38 bits per heavy atom. The summed E-state index contributed by atoms with van der Waals surface area (Å²) in [6.07, 6.45) is 8.38. The van der Waals surface area contributed by atoms with E-state index in [1.807, 2.05) is 0 Å². The molecule has 0 saturated heterocycles. The fraction of sp³-hybridized carbons (Fsp3) is 0.750. The number of unbranched alkanes of at least 4 members (excludes halogenated alkanes) is 2. The number of hydrogen-bond donors (Lipinski definition) is 3. The minimum absolute atomic E-state index is 0.0544. The Balaban J connectivity index is 1.89. The molecule has 2 fully saturated rings. The van der Waals surface area contributed by atoms with Crippen molar-refractivity contribution in [3.05, 3.63) is 11.6 Å². The van der Waals surface area contributed by atoms with E-state index < -0.39 is 18.2 Å². The molecule has 4 heteroatoms. The van der Waals surface area contributed by atoms with E-state index >= 15 is 0 Å². The summed E-state index contributed by atoms with van der Waals surface area (Å²) >= 11 is 0. The van der Waals surface area contributed by atoms with Crippen LogP contribution >= 0.6 is 0 Å². The Morgan fingerprint density at radius 3 is 2.88 bits per heavy atom. The topological polar surface area (TPSA) is 77.8 Å². The van der Waals surface area contributed by atoms with Crippen LogP contribution in [0.5, 0.6) is 0 Å². The largest absolute Gasteiger partial charge is 0.481 e. The van der Waals surface area contributed by atoms with Gasteiger partial charge in [-0.3, -0.25) is 4.79 Å². The minimum Gasteiger partial charge on any atom is -0.481 e. The van der Waals surface area contributed by atoms with E-state index in [1.165, 1.54) is 5.57 Å². The molecule has 0 bridgehead atoms. The van der Waals surface area contributed by atoms with E-state index in [0.717, 1.165) is 38.5 Å². The zero-order valence-corrected chi connectivity index (χ0v) is 14.6. The first-order valence-corrected chi connectivity index (χ1v) is 9.30. The van der Waals surface area contributed by atoms with E-state index in [9.17, 15) is 15.0 Å². The monoisotopic (exact) mass is 334 g/mol. The van der Waals surface area contributed by atoms with Gasteiger partial charge in [0, 0.05) is 6.42 Å². The van der Waals surface area contributed by atoms with E-state index in [2.05, 4.69) is 24.8 Å². The SMILES string of the molecule is CCCCCC(O)C#C[C@H]1[C@@H]2CC(=CCCC(=O)O)[C@@H]2CC[C@@H]1O. The molecule has 5 atom stereocenters. The maximum absolute atomic E-state index is 10.6. The first kappa shape index (κ1) is 19.0. The first-order valence-electron chi connectivity index (χ1n) is 9.30. The number of carboxylic acids is 1. The quantitative estimate of drug-likeness (QED) is 0.380. The molecule has 0 amide bonds. The molecule has 134 valence electrons. The lowest BCUT2D eigenvalue weighted by Gasteiger charge is -2.48. The summed E-state index contributed by atoms with van der Waals surface area (Å²) in [6, 6.07) is 0. The molecule has 0 aromatic rings. The average molecular weight is 334 g/mol. The van der Waals surface area contributed by atoms with Crippen molar-refractivity contribution in [2.75, 3.05) is 0 Å². The lowest BCUT2D eigenvalue weighted by atomic mass is 9.57. The molecule has 2 aliphatic rings. The number of carboxylic acid groups (broad SMARTS) is 1. The van der Waals surface area contributed by atoms with Crippen molar-refractivity contribution in [1.82, 2.24) is 0 Å². The second-order valence-electron chi connectivity index (χ2n) is 7.16. The van der Waals surface area contributed by atoms with E-state index in [-0.39, 0.29) is 12.3 Å². The van der Waals surface area contributed by atoms with Gasteiger partial charge in [-0.15, -0.1) is 0 Å². The number of rotatable bonds is 7. The lowest BCUT2D eigenvalue weighted by molar-refractivity contribution is -0.136. The van der Waals surface area contributed by atoms with E-state index in [0.29, 0.717) is 24.7 Å². The normalized spacial score (nSPS) is 31.5. The van der Waals surface area contributed by atoms with Crippen LogP contribution < -0.4 is 0 Å². The van der Waals surface area contributed by atoms with Crippen molar-refractivity contribution >= 4 is 5.97 Å². The minimum atomic E-state index is -0.761. The Morgan fingerprint density at radius 2 is 2.17 bits per heavy atom. The highest BCUT2D eigenvalue weighted by Crippen LogP contribution is 2.51. The molecule has 4 nitrogen and oxygen atoms in total. The number of aliphatic carboxylic acids is 1. The van der Waals surface area contributed by atoms with Gasteiger partial charge in [-0.05, 0) is 50.4 Å². The molecule has 2 rings (SSSR count). The highest BCUT2D eigenvalue weighted by Gasteiger charge is 2.46. The maximum atomic E-state index is 10.6. The molecule has 24 heavy (non-hydrogen) atoms. The van der Waals surface area contributed by atoms with Gasteiger partial charge in [-0.25, -0.2) is 0 Å². The maximum Gasteiger partial charge on any atom is 0.303 e. The summed E-state index contributed by atoms with van der Waals surface area (Å²) < 4.78 is 0. The predicted octanol–water partition coefficient (Wildman–Crippen LogP) is 3.13. The summed E-state index contributed by atoms with van der Waals surface area (Å²) in [4.78, 5) is 10.6. The van der Waals surface area contributed by atoms with Crippen LogP contribution in [0.25, 0.3) is 0 Å². The van der Waals surface area contributed by atoms with Crippen LogP contribution in [0.1, 0.15) is 64.7 Å². The molecule has 1 unspecified atom stereocenters. The zero-order chi connectivity index (χ0) is 17.5. The number of carbonyl (C=O) groups is 1. The van der Waals surface area contributed by atoms with Crippen LogP contribution in [0.2, 0.25) is 0 Å². The van der Waals surface area contributed by atoms with Crippen LogP contribution in [0.3, 0.4) is 0 Å². The standard InChI is InChI=1S/C20H30O4/c1-2-3-4-7-15(21)9-10-17-18-13-14(6-5-8-20(23)24)16(18)11-12-19(17)22/h6,15-19,21-22H,2-5,7-8,11-13H2,1H3,(H,23,24)/t15?,16-,17-,18+,19-/m0/s1. The Kier molecular flexibility index (Phi) is 7.33. The summed E-state index contributed by atoms with van der Waals surface area (Å²) in [5.41, 5.74) is 1.34. The second-order valence-corrected chi connectivity index (χ2v) is 7.16. The van der Waals surface area contributed by atoms with Crippen molar-refractivity contribution in [2.45, 2.75) is 76.9 Å². The van der Waals surface area contributed by atoms with Crippen molar-refractivity contribution in [3.8, 4) is 11.8 Å². The summed E-state index contributed by atoms with van der Waals surface area (Å²) in [5, 5.41) is 29.0. The smallest absolute Gasteiger partial charge is 0.303 e. The molecule has 0 spiro atoms. The number of allylic oxidation sites excluding steroid dienone is 2. The summed E-state index contributed by atoms with van der Waals surface area (Å²) in [7, 11) is 0. The van der Waals surface area contributed by atoms with Crippen LogP contribution in [-0.2, 0) is 4.79 Å². The number of aliphatic hydroxyl groups excluding tert-OH is 2. The molecule has 3 N–H and O–H groups in total. The van der Waals surface area contributed by atoms with Gasteiger partial charge in [0.15, 0.2) is 0 Å². The Hall–Kier alpha value is -1.31. The number of hydrogen-bond acceptors (Lipinski definition) is 3. The van der Waals surface area contributed by atoms with Crippen LogP contribution in [0.4, 0.5) is 0 Å². The molecule has 0 radical (unpaired) electrons. The van der Waals surface area contributed by atoms with Crippen molar-refractivity contribution < 1.29 is 20.1 Å². The summed E-state index contributed by atoms with van der Waals surface area (Å²) in [6.45, 7) is 2.13. The second kappa shape index (κ2) is 9.25. The third kappa shape index (κ3) is 5.09.